The second-order valence-electron chi connectivity index (χ2n) is 10.4. The average Bonchev–Trinajstić information content (AvgIpc) is 3.57. The normalized spacial score (nSPS) is 23.5. The first kappa shape index (κ1) is 26.4. The number of H-pyrrole nitrogens is 1. The van der Waals surface area contributed by atoms with Crippen LogP contribution in [0.15, 0.2) is 78.9 Å². The van der Waals surface area contributed by atoms with Gasteiger partial charge in [-0.15, -0.1) is 0 Å². The standard InChI is InChI=1S/C32H34N4O3/c1-8-19-15(4)23-11-25-17(6)21(10-3)30(35-25)22(14-37)31-29(32(38)39)18(7)26(36-31)13-28-20(9-2)16(5)24(34-28)12-27(19)33-23/h8,11-14,17,21,33,37H,1,9-10H2,2-7H3,(H,38,39)/b22-14-,24-12?,25-11?,26-13?/t17-,21-/m0/s1. The summed E-state index contributed by atoms with van der Waals surface area (Å²) in [7, 11) is 0. The van der Waals surface area contributed by atoms with Crippen LogP contribution in [0.4, 0.5) is 0 Å². The van der Waals surface area contributed by atoms with Crippen molar-refractivity contribution in [3.63, 3.8) is 0 Å². The summed E-state index contributed by atoms with van der Waals surface area (Å²) in [6.07, 6.45) is 10.3. The first-order valence-corrected chi connectivity index (χ1v) is 13.4. The maximum absolute atomic E-state index is 12.5. The molecule has 0 radical (unpaired) electrons. The third kappa shape index (κ3) is 4.04. The lowest BCUT2D eigenvalue weighted by atomic mass is 9.83. The zero-order valence-electron chi connectivity index (χ0n) is 23.3. The summed E-state index contributed by atoms with van der Waals surface area (Å²) in [6, 6.07) is 0. The SMILES string of the molecule is C=Cc1c2[nH]c(c1C)C=C1N=C(/C(=C/O)C3=NC(=CC4=NC(=C2)C(C)=C4CC)C(C)=C3C(=O)O)[C@@H](CC)[C@@H]1C. The molecule has 0 saturated heterocycles. The van der Waals surface area contributed by atoms with Crippen molar-refractivity contribution in [1.29, 1.82) is 0 Å². The number of aliphatic hydroxyl groups excluding tert-OH is 1. The number of aliphatic hydroxyl groups is 1. The van der Waals surface area contributed by atoms with Gasteiger partial charge in [0, 0.05) is 34.5 Å². The molecular weight excluding hydrogens is 488 g/mol. The van der Waals surface area contributed by atoms with Crippen LogP contribution >= 0.6 is 0 Å². The van der Waals surface area contributed by atoms with Gasteiger partial charge >= 0.3 is 5.97 Å². The largest absolute Gasteiger partial charge is 0.515 e. The van der Waals surface area contributed by atoms with Crippen LogP contribution in [0.1, 0.15) is 70.0 Å². The number of hydrogen-bond donors (Lipinski definition) is 3. The van der Waals surface area contributed by atoms with Crippen molar-refractivity contribution in [3.8, 4) is 0 Å². The molecule has 200 valence electrons. The van der Waals surface area contributed by atoms with Crippen molar-refractivity contribution in [3.05, 3.63) is 86.4 Å². The highest BCUT2D eigenvalue weighted by Gasteiger charge is 2.38. The maximum atomic E-state index is 12.5. The fourth-order valence-corrected chi connectivity index (χ4v) is 6.07. The first-order chi connectivity index (χ1) is 18.6. The van der Waals surface area contributed by atoms with E-state index in [1.165, 1.54) is 0 Å². The lowest BCUT2D eigenvalue weighted by Crippen LogP contribution is -2.24. The van der Waals surface area contributed by atoms with E-state index in [2.05, 4.69) is 58.3 Å². The van der Waals surface area contributed by atoms with Crippen LogP contribution in [0.3, 0.4) is 0 Å². The predicted octanol–water partition coefficient (Wildman–Crippen LogP) is 7.14. The molecule has 1 aromatic rings. The van der Waals surface area contributed by atoms with Crippen LogP contribution in [-0.2, 0) is 4.79 Å². The molecular formula is C32H34N4O3. The number of nitrogens with zero attached hydrogens (tertiary/aromatic N) is 3. The minimum Gasteiger partial charge on any atom is -0.515 e. The Kier molecular flexibility index (Phi) is 6.62. The van der Waals surface area contributed by atoms with Crippen molar-refractivity contribution >= 4 is 41.3 Å². The fourth-order valence-electron chi connectivity index (χ4n) is 6.07. The summed E-state index contributed by atoms with van der Waals surface area (Å²) >= 11 is 0. The van der Waals surface area contributed by atoms with E-state index >= 15 is 0 Å². The Labute approximate surface area is 228 Å². The van der Waals surface area contributed by atoms with Crippen molar-refractivity contribution in [2.75, 3.05) is 0 Å². The van der Waals surface area contributed by atoms with Crippen molar-refractivity contribution in [2.24, 2.45) is 26.8 Å². The number of aromatic nitrogens is 1. The fraction of sp³-hybridized carbons (Fsp3) is 0.312. The molecule has 0 aromatic carbocycles. The molecule has 5 heterocycles. The molecule has 0 fully saturated rings. The monoisotopic (exact) mass is 522 g/mol. The number of carbonyl (C=O) groups is 1. The second kappa shape index (κ2) is 9.80. The van der Waals surface area contributed by atoms with E-state index in [4.69, 9.17) is 15.0 Å². The molecule has 8 bridgehead atoms. The number of hydrogen-bond acceptors (Lipinski definition) is 5. The van der Waals surface area contributed by atoms with Gasteiger partial charge in [-0.1, -0.05) is 33.4 Å². The molecule has 1 aromatic heterocycles. The van der Waals surface area contributed by atoms with Crippen LogP contribution < -0.4 is 0 Å². The highest BCUT2D eigenvalue weighted by Crippen LogP contribution is 2.40. The maximum Gasteiger partial charge on any atom is 0.338 e. The van der Waals surface area contributed by atoms with Gasteiger partial charge in [-0.25, -0.2) is 14.8 Å². The number of allylic oxidation sites excluding steroid dienone is 6. The number of fused-ring (bicyclic) bond motifs is 5. The zero-order valence-corrected chi connectivity index (χ0v) is 23.3. The molecule has 2 atom stereocenters. The predicted molar refractivity (Wildman–Crippen MR) is 159 cm³/mol. The zero-order chi connectivity index (χ0) is 28.2. The molecule has 0 amide bonds. The minimum absolute atomic E-state index is 0.00943. The van der Waals surface area contributed by atoms with Crippen LogP contribution in [0.25, 0.3) is 18.2 Å². The van der Waals surface area contributed by atoms with Crippen molar-refractivity contribution < 1.29 is 15.0 Å². The van der Waals surface area contributed by atoms with E-state index in [-0.39, 0.29) is 23.1 Å². The Morgan fingerprint density at radius 2 is 1.77 bits per heavy atom. The third-order valence-corrected chi connectivity index (χ3v) is 8.37. The molecule has 7 nitrogen and oxygen atoms in total. The quantitative estimate of drug-likeness (QED) is 0.365. The molecule has 3 N–H and O–H groups in total. The van der Waals surface area contributed by atoms with E-state index < -0.39 is 5.97 Å². The Morgan fingerprint density at radius 3 is 2.38 bits per heavy atom. The van der Waals surface area contributed by atoms with Gasteiger partial charge < -0.3 is 15.2 Å². The van der Waals surface area contributed by atoms with Gasteiger partial charge in [0.2, 0.25) is 0 Å². The number of aliphatic imine (C=N–C) groups is 3. The summed E-state index contributed by atoms with van der Waals surface area (Å²) in [5.74, 6) is -1.05. The van der Waals surface area contributed by atoms with Crippen LogP contribution in [0.2, 0.25) is 0 Å². The number of rotatable bonds is 4. The van der Waals surface area contributed by atoms with E-state index in [0.29, 0.717) is 22.6 Å². The second-order valence-corrected chi connectivity index (χ2v) is 10.4. The average molecular weight is 523 g/mol. The summed E-state index contributed by atoms with van der Waals surface area (Å²) in [5.41, 5.74) is 10.9. The topological polar surface area (TPSA) is 110 Å². The molecule has 0 unspecified atom stereocenters. The Balaban J connectivity index is 1.87. The molecule has 5 rings (SSSR count). The van der Waals surface area contributed by atoms with Gasteiger partial charge in [0.15, 0.2) is 0 Å². The van der Waals surface area contributed by atoms with Crippen molar-refractivity contribution in [1.82, 2.24) is 4.98 Å². The lowest BCUT2D eigenvalue weighted by Gasteiger charge is -2.18. The number of carboxylic acid groups (broad SMARTS) is 1. The highest BCUT2D eigenvalue weighted by molar-refractivity contribution is 6.39. The van der Waals surface area contributed by atoms with Gasteiger partial charge in [-0.05, 0) is 74.1 Å². The summed E-state index contributed by atoms with van der Waals surface area (Å²) < 4.78 is 0. The molecule has 0 aliphatic carbocycles. The Morgan fingerprint density at radius 1 is 1.05 bits per heavy atom. The summed E-state index contributed by atoms with van der Waals surface area (Å²) in [4.78, 5) is 30.8. The van der Waals surface area contributed by atoms with Crippen LogP contribution in [0.5, 0.6) is 0 Å². The molecule has 0 saturated carbocycles. The lowest BCUT2D eigenvalue weighted by molar-refractivity contribution is -0.132. The van der Waals surface area contributed by atoms with E-state index in [0.717, 1.165) is 69.9 Å². The van der Waals surface area contributed by atoms with E-state index in [1.54, 1.807) is 6.92 Å². The van der Waals surface area contributed by atoms with Gasteiger partial charge in [0.25, 0.3) is 0 Å². The number of aliphatic carboxylic acids is 1. The van der Waals surface area contributed by atoms with Crippen LogP contribution in [-0.4, -0.2) is 38.3 Å². The Hall–Kier alpha value is -4.26. The summed E-state index contributed by atoms with van der Waals surface area (Å²) in [5, 5.41) is 20.7. The van der Waals surface area contributed by atoms with Gasteiger partial charge in [-0.3, -0.25) is 4.99 Å². The number of carboxylic acids is 1. The Bertz CT molecular complexity index is 1610. The van der Waals surface area contributed by atoms with Crippen molar-refractivity contribution in [2.45, 2.75) is 54.4 Å². The molecule has 4 aliphatic rings. The number of nitrogens with one attached hydrogen (secondary N) is 1. The molecule has 0 spiro atoms. The smallest absolute Gasteiger partial charge is 0.338 e. The van der Waals surface area contributed by atoms with Gasteiger partial charge in [0.05, 0.1) is 45.9 Å². The number of aromatic amines is 1. The molecule has 7 heteroatoms. The highest BCUT2D eigenvalue weighted by atomic mass is 16.4. The molecule has 39 heavy (non-hydrogen) atoms. The summed E-state index contributed by atoms with van der Waals surface area (Å²) in [6.45, 7) is 16.2. The van der Waals surface area contributed by atoms with Gasteiger partial charge in [0.1, 0.15) is 0 Å². The third-order valence-electron chi connectivity index (χ3n) is 8.37. The van der Waals surface area contributed by atoms with E-state index in [9.17, 15) is 15.0 Å². The molecule has 4 aliphatic heterocycles. The van der Waals surface area contributed by atoms with E-state index in [1.807, 2.05) is 12.2 Å². The minimum atomic E-state index is -1.09. The first-order valence-electron chi connectivity index (χ1n) is 13.4. The van der Waals surface area contributed by atoms with Gasteiger partial charge in [-0.2, -0.15) is 0 Å². The van der Waals surface area contributed by atoms with Crippen LogP contribution in [0, 0.1) is 18.8 Å².